The lowest BCUT2D eigenvalue weighted by molar-refractivity contribution is -0.158. The first kappa shape index (κ1) is 14.5. The van der Waals surface area contributed by atoms with E-state index in [0.29, 0.717) is 5.69 Å². The minimum absolute atomic E-state index is 0.209. The van der Waals surface area contributed by atoms with Gasteiger partial charge in [0, 0.05) is 6.07 Å². The number of nitrogens with zero attached hydrogens (tertiary/aromatic N) is 3. The largest absolute Gasteiger partial charge is 0.461 e. The third kappa shape index (κ3) is 2.07. The van der Waals surface area contributed by atoms with Crippen LogP contribution in [0.15, 0.2) is 11.1 Å². The van der Waals surface area contributed by atoms with E-state index in [4.69, 9.17) is 4.74 Å². The number of aromatic nitrogens is 2. The molecule has 2 heterocycles. The van der Waals surface area contributed by atoms with Gasteiger partial charge < -0.3 is 4.74 Å². The van der Waals surface area contributed by atoms with E-state index in [1.165, 1.54) is 6.07 Å². The fraction of sp³-hybridized carbons (Fsp3) is 0.615. The second-order valence-corrected chi connectivity index (χ2v) is 5.74. The minimum Gasteiger partial charge on any atom is -0.461 e. The Morgan fingerprint density at radius 3 is 2.55 bits per heavy atom. The molecule has 0 fully saturated rings. The third-order valence-electron chi connectivity index (χ3n) is 3.89. The number of esters is 1. The van der Waals surface area contributed by atoms with E-state index in [0.717, 1.165) is 5.06 Å². The molecule has 0 saturated heterocycles. The molecule has 1 aromatic rings. The van der Waals surface area contributed by atoms with Gasteiger partial charge in [-0.1, -0.05) is 5.21 Å². The summed E-state index contributed by atoms with van der Waals surface area (Å²) in [6, 6.07) is 1.49. The monoisotopic (exact) mass is 279 g/mol. The highest BCUT2D eigenvalue weighted by atomic mass is 16.5. The normalized spacial score (nSPS) is 19.9. The maximum absolute atomic E-state index is 12.4. The van der Waals surface area contributed by atoms with Gasteiger partial charge in [-0.25, -0.2) is 4.79 Å². The van der Waals surface area contributed by atoms with Crippen molar-refractivity contribution in [2.24, 2.45) is 4.99 Å². The number of hydrogen-bond donors (Lipinski definition) is 1. The Morgan fingerprint density at radius 1 is 1.40 bits per heavy atom. The van der Waals surface area contributed by atoms with Gasteiger partial charge in [0.2, 0.25) is 0 Å². The van der Waals surface area contributed by atoms with Gasteiger partial charge in [0.05, 0.1) is 17.7 Å². The van der Waals surface area contributed by atoms with Crippen LogP contribution in [0.2, 0.25) is 0 Å². The van der Waals surface area contributed by atoms with Crippen LogP contribution in [-0.4, -0.2) is 44.8 Å². The Labute approximate surface area is 117 Å². The van der Waals surface area contributed by atoms with Crippen molar-refractivity contribution in [3.8, 4) is 0 Å². The van der Waals surface area contributed by atoms with Gasteiger partial charge in [-0.3, -0.25) is 10.1 Å². The molecule has 2 rings (SSSR count). The second-order valence-electron chi connectivity index (χ2n) is 5.74. The lowest BCUT2D eigenvalue weighted by atomic mass is 9.84. The van der Waals surface area contributed by atoms with Crippen molar-refractivity contribution >= 4 is 11.8 Å². The van der Waals surface area contributed by atoms with Gasteiger partial charge >= 0.3 is 5.97 Å². The van der Waals surface area contributed by atoms with Gasteiger partial charge in [0.15, 0.2) is 5.84 Å². The van der Waals surface area contributed by atoms with Crippen LogP contribution in [0.3, 0.4) is 0 Å². The molecule has 1 aliphatic heterocycles. The topological polar surface area (TPSA) is 90.5 Å². The quantitative estimate of drug-likeness (QED) is 0.850. The molecule has 0 spiro atoms. The first-order valence-corrected chi connectivity index (χ1v) is 6.51. The van der Waals surface area contributed by atoms with E-state index in [-0.39, 0.29) is 18.1 Å². The van der Waals surface area contributed by atoms with Gasteiger partial charge in [-0.15, -0.1) is 0 Å². The highest BCUT2D eigenvalue weighted by molar-refractivity contribution is 6.00. The number of carbonyl (C=O) groups is 1. The summed E-state index contributed by atoms with van der Waals surface area (Å²) in [6.07, 6.45) is 0. The molecule has 0 bridgehead atoms. The Morgan fingerprint density at radius 2 is 2.05 bits per heavy atom. The number of rotatable bonds is 3. The molecule has 109 valence electrons. The standard InChI is InChI=1S/C13H19N4O3/c1-6-20-11(18)9-7-8(15-16-9)10-14-12(2,3)13(4,5)17(10)19/h7H,6H2,1-5H3,(H,15,16). The lowest BCUT2D eigenvalue weighted by Gasteiger charge is -2.35. The number of aliphatic imine (C=N–C) groups is 1. The Bertz CT molecular complexity index is 560. The van der Waals surface area contributed by atoms with Crippen LogP contribution in [0.5, 0.6) is 0 Å². The predicted molar refractivity (Wildman–Crippen MR) is 71.8 cm³/mol. The fourth-order valence-corrected chi connectivity index (χ4v) is 1.87. The minimum atomic E-state index is -0.675. The molecule has 0 atom stereocenters. The number of H-pyrrole nitrogens is 1. The van der Waals surface area contributed by atoms with Crippen molar-refractivity contribution in [2.45, 2.75) is 45.7 Å². The molecule has 20 heavy (non-hydrogen) atoms. The Balaban J connectivity index is 2.32. The number of hydroxylamine groups is 2. The van der Waals surface area contributed by atoms with Crippen LogP contribution < -0.4 is 0 Å². The SMILES string of the molecule is CCOC(=O)c1cc(C2=NC(C)(C)C(C)(C)N2[O])n[nH]1. The van der Waals surface area contributed by atoms with Crippen molar-refractivity contribution in [3.63, 3.8) is 0 Å². The first-order chi connectivity index (χ1) is 9.20. The molecule has 1 N–H and O–H groups in total. The van der Waals surface area contributed by atoms with Crippen LogP contribution in [-0.2, 0) is 9.94 Å². The highest BCUT2D eigenvalue weighted by Crippen LogP contribution is 2.37. The Kier molecular flexibility index (Phi) is 3.33. The van der Waals surface area contributed by atoms with Crippen molar-refractivity contribution in [1.82, 2.24) is 15.3 Å². The average Bonchev–Trinajstić information content (AvgIpc) is 2.89. The summed E-state index contributed by atoms with van der Waals surface area (Å²) < 4.78 is 4.87. The van der Waals surface area contributed by atoms with E-state index in [1.807, 2.05) is 27.7 Å². The zero-order valence-electron chi connectivity index (χ0n) is 12.4. The number of ether oxygens (including phenoxy) is 1. The molecule has 7 nitrogen and oxygen atoms in total. The molecule has 0 unspecified atom stereocenters. The van der Waals surface area contributed by atoms with Gasteiger partial charge in [-0.2, -0.15) is 10.2 Å². The summed E-state index contributed by atoms with van der Waals surface area (Å²) in [5.74, 6) is -0.271. The molecule has 7 heteroatoms. The number of hydrogen-bond acceptors (Lipinski definition) is 5. The molecule has 1 aliphatic rings. The van der Waals surface area contributed by atoms with Crippen molar-refractivity contribution in [2.75, 3.05) is 6.61 Å². The third-order valence-corrected chi connectivity index (χ3v) is 3.89. The first-order valence-electron chi connectivity index (χ1n) is 6.51. The predicted octanol–water partition coefficient (Wildman–Crippen LogP) is 1.55. The molecule has 0 amide bonds. The van der Waals surface area contributed by atoms with Crippen molar-refractivity contribution < 1.29 is 14.7 Å². The smallest absolute Gasteiger partial charge is 0.356 e. The zero-order chi connectivity index (χ0) is 15.1. The fourth-order valence-electron chi connectivity index (χ4n) is 1.87. The van der Waals surface area contributed by atoms with E-state index >= 15 is 0 Å². The lowest BCUT2D eigenvalue weighted by Crippen LogP contribution is -2.50. The van der Waals surface area contributed by atoms with Gasteiger partial charge in [-0.05, 0) is 34.6 Å². The summed E-state index contributed by atoms with van der Waals surface area (Å²) in [4.78, 5) is 16.0. The number of aromatic amines is 1. The molecule has 0 saturated carbocycles. The summed E-state index contributed by atoms with van der Waals surface area (Å²) in [6.45, 7) is 9.45. The summed E-state index contributed by atoms with van der Waals surface area (Å²) in [7, 11) is 0. The van der Waals surface area contributed by atoms with Crippen molar-refractivity contribution in [3.05, 3.63) is 17.5 Å². The van der Waals surface area contributed by atoms with Gasteiger partial charge in [0.1, 0.15) is 11.4 Å². The second kappa shape index (κ2) is 4.59. The van der Waals surface area contributed by atoms with E-state index in [9.17, 15) is 10.0 Å². The van der Waals surface area contributed by atoms with Crippen molar-refractivity contribution in [1.29, 1.82) is 0 Å². The molecular formula is C13H19N4O3. The Hall–Kier alpha value is -1.89. The van der Waals surface area contributed by atoms with Crippen LogP contribution >= 0.6 is 0 Å². The molecule has 1 radical (unpaired) electrons. The molecular weight excluding hydrogens is 260 g/mol. The van der Waals surface area contributed by atoms with Crippen LogP contribution in [0, 0.1) is 0 Å². The summed E-state index contributed by atoms with van der Waals surface area (Å²) in [5.41, 5.74) is -0.652. The van der Waals surface area contributed by atoms with Crippen LogP contribution in [0.25, 0.3) is 0 Å². The number of carbonyl (C=O) groups excluding carboxylic acids is 1. The van der Waals surface area contributed by atoms with E-state index in [1.54, 1.807) is 6.92 Å². The zero-order valence-corrected chi connectivity index (χ0v) is 12.4. The van der Waals surface area contributed by atoms with E-state index in [2.05, 4.69) is 15.2 Å². The molecule has 0 aliphatic carbocycles. The summed E-state index contributed by atoms with van der Waals surface area (Å²) >= 11 is 0. The van der Waals surface area contributed by atoms with E-state index < -0.39 is 17.0 Å². The molecule has 0 aromatic carbocycles. The number of nitrogens with one attached hydrogen (secondary N) is 1. The average molecular weight is 279 g/mol. The van der Waals surface area contributed by atoms with Crippen LogP contribution in [0.1, 0.15) is 50.8 Å². The molecule has 1 aromatic heterocycles. The van der Waals surface area contributed by atoms with Gasteiger partial charge in [0.25, 0.3) is 0 Å². The summed E-state index contributed by atoms with van der Waals surface area (Å²) in [5, 5.41) is 19.8. The maximum Gasteiger partial charge on any atom is 0.356 e. The number of amidine groups is 1. The maximum atomic E-state index is 12.4. The highest BCUT2D eigenvalue weighted by Gasteiger charge is 2.50. The van der Waals surface area contributed by atoms with Crippen LogP contribution in [0.4, 0.5) is 0 Å².